The third-order valence-electron chi connectivity index (χ3n) is 6.14. The van der Waals surface area contributed by atoms with Gasteiger partial charge in [-0.25, -0.2) is 15.0 Å². The van der Waals surface area contributed by atoms with E-state index in [4.69, 9.17) is 10.5 Å². The molecular formula is C25H28N6O4S. The zero-order chi connectivity index (χ0) is 25.1. The number of benzene rings is 2. The lowest BCUT2D eigenvalue weighted by Gasteiger charge is -2.16. The molecule has 0 amide bonds. The molecule has 11 heteroatoms. The molecule has 0 bridgehead atoms. The first-order valence-electron chi connectivity index (χ1n) is 11.6. The van der Waals surface area contributed by atoms with Gasteiger partial charge in [-0.15, -0.1) is 0 Å². The van der Waals surface area contributed by atoms with E-state index in [1.807, 2.05) is 24.3 Å². The van der Waals surface area contributed by atoms with Crippen molar-refractivity contribution >= 4 is 28.7 Å². The molecule has 0 saturated carbocycles. The highest BCUT2D eigenvalue weighted by Crippen LogP contribution is 2.33. The Morgan fingerprint density at radius 3 is 2.67 bits per heavy atom. The van der Waals surface area contributed by atoms with Gasteiger partial charge >= 0.3 is 0 Å². The Kier molecular flexibility index (Phi) is 7.35. The monoisotopic (exact) mass is 508 g/mol. The summed E-state index contributed by atoms with van der Waals surface area (Å²) in [6.07, 6.45) is -0.636. The number of fused-ring (bicyclic) bond motifs is 1. The molecule has 5 rings (SSSR count). The number of hydrogen-bond acceptors (Lipinski definition) is 10. The summed E-state index contributed by atoms with van der Waals surface area (Å²) in [5.74, 6) is 1.85. The molecule has 1 saturated heterocycles. The highest BCUT2D eigenvalue weighted by atomic mass is 32.2. The number of ether oxygens (including phenoxy) is 1. The smallest absolute Gasteiger partial charge is 0.167 e. The van der Waals surface area contributed by atoms with Gasteiger partial charge in [0.15, 0.2) is 17.7 Å². The number of nitrogen functional groups attached to an aromatic ring is 1. The number of phenols is 1. The van der Waals surface area contributed by atoms with Crippen LogP contribution in [0.1, 0.15) is 11.8 Å². The minimum atomic E-state index is -1.11. The Labute approximate surface area is 212 Å². The van der Waals surface area contributed by atoms with Crippen LogP contribution in [0.2, 0.25) is 0 Å². The Morgan fingerprint density at radius 1 is 1.03 bits per heavy atom. The largest absolute Gasteiger partial charge is 0.508 e. The van der Waals surface area contributed by atoms with Crippen molar-refractivity contribution in [2.75, 3.05) is 23.8 Å². The van der Waals surface area contributed by atoms with Crippen molar-refractivity contribution in [1.82, 2.24) is 24.8 Å². The van der Waals surface area contributed by atoms with Crippen molar-refractivity contribution in [3.63, 3.8) is 0 Å². The minimum Gasteiger partial charge on any atom is -0.508 e. The van der Waals surface area contributed by atoms with Crippen molar-refractivity contribution < 1.29 is 20.1 Å². The Hall–Kier alpha value is -3.22. The molecule has 2 aromatic carbocycles. The summed E-state index contributed by atoms with van der Waals surface area (Å²) in [6, 6.07) is 15.4. The van der Waals surface area contributed by atoms with Crippen LogP contribution in [0.15, 0.2) is 61.2 Å². The van der Waals surface area contributed by atoms with E-state index in [-0.39, 0.29) is 11.6 Å². The summed E-state index contributed by atoms with van der Waals surface area (Å²) < 4.78 is 7.56. The number of nitrogens with one attached hydrogen (secondary N) is 1. The first-order valence-corrected chi connectivity index (χ1v) is 12.8. The van der Waals surface area contributed by atoms with E-state index in [2.05, 4.69) is 32.4 Å². The summed E-state index contributed by atoms with van der Waals surface area (Å²) in [5, 5.41) is 34.3. The predicted octanol–water partition coefficient (Wildman–Crippen LogP) is 1.92. The number of phenolic OH excluding ortho intramolecular Hbond substituents is 1. The van der Waals surface area contributed by atoms with Crippen LogP contribution in [0.25, 0.3) is 22.3 Å². The van der Waals surface area contributed by atoms with Crippen molar-refractivity contribution in [3.8, 4) is 16.9 Å². The van der Waals surface area contributed by atoms with Gasteiger partial charge in [0.2, 0.25) is 0 Å². The quantitative estimate of drug-likeness (QED) is 0.212. The van der Waals surface area contributed by atoms with E-state index >= 15 is 0 Å². The number of imidazole rings is 1. The zero-order valence-corrected chi connectivity index (χ0v) is 20.3. The molecule has 0 spiro atoms. The van der Waals surface area contributed by atoms with Gasteiger partial charge in [0.1, 0.15) is 29.8 Å². The minimum absolute atomic E-state index is 0.248. The second-order valence-corrected chi connectivity index (χ2v) is 9.78. The summed E-state index contributed by atoms with van der Waals surface area (Å²) >= 11 is 1.64. The maximum atomic E-state index is 10.6. The molecule has 36 heavy (non-hydrogen) atoms. The van der Waals surface area contributed by atoms with E-state index in [9.17, 15) is 15.3 Å². The lowest BCUT2D eigenvalue weighted by atomic mass is 10.0. The number of anilines is 1. The number of hydrogen-bond donors (Lipinski definition) is 5. The van der Waals surface area contributed by atoms with Gasteiger partial charge in [-0.3, -0.25) is 4.57 Å². The van der Waals surface area contributed by atoms with Crippen LogP contribution in [-0.2, 0) is 11.3 Å². The number of aliphatic hydroxyl groups excluding tert-OH is 2. The van der Waals surface area contributed by atoms with Crippen LogP contribution >= 0.6 is 11.8 Å². The molecule has 0 unspecified atom stereocenters. The molecule has 1 aliphatic rings. The first-order chi connectivity index (χ1) is 17.5. The third kappa shape index (κ3) is 5.15. The summed E-state index contributed by atoms with van der Waals surface area (Å²) in [4.78, 5) is 12.3. The van der Waals surface area contributed by atoms with Gasteiger partial charge in [0, 0.05) is 24.6 Å². The van der Waals surface area contributed by atoms with Gasteiger partial charge in [0.25, 0.3) is 0 Å². The molecule has 4 atom stereocenters. The van der Waals surface area contributed by atoms with E-state index < -0.39 is 24.5 Å². The Bertz CT molecular complexity index is 1330. The normalized spacial score (nSPS) is 21.8. The summed E-state index contributed by atoms with van der Waals surface area (Å²) in [5.41, 5.74) is 9.90. The van der Waals surface area contributed by atoms with Crippen molar-refractivity contribution in [2.45, 2.75) is 31.1 Å². The number of rotatable bonds is 9. The molecule has 0 aliphatic carbocycles. The fraction of sp³-hybridized carbons (Fsp3) is 0.320. The summed E-state index contributed by atoms with van der Waals surface area (Å²) in [6.45, 7) is 1.49. The van der Waals surface area contributed by atoms with Gasteiger partial charge in [-0.05, 0) is 34.9 Å². The second-order valence-electron chi connectivity index (χ2n) is 8.63. The van der Waals surface area contributed by atoms with Gasteiger partial charge in [-0.2, -0.15) is 11.8 Å². The topological polar surface area (TPSA) is 152 Å². The molecule has 4 aromatic rings. The molecule has 1 fully saturated rings. The molecule has 10 nitrogen and oxygen atoms in total. The van der Waals surface area contributed by atoms with Crippen LogP contribution in [0.5, 0.6) is 5.75 Å². The van der Waals surface area contributed by atoms with Crippen molar-refractivity contribution in [1.29, 1.82) is 0 Å². The van der Waals surface area contributed by atoms with Crippen molar-refractivity contribution in [3.05, 3.63) is 66.7 Å². The van der Waals surface area contributed by atoms with Crippen LogP contribution in [0.4, 0.5) is 5.82 Å². The highest BCUT2D eigenvalue weighted by molar-refractivity contribution is 7.99. The summed E-state index contributed by atoms with van der Waals surface area (Å²) in [7, 11) is 0. The molecule has 1 aliphatic heterocycles. The standard InChI is InChI=1S/C25H28N6O4S/c26-23-20-24(29-13-28-23)31(14-30-20)25-22(34)21(33)19(35-25)12-36-8-7-27-11-15-3-1-4-16(9-15)17-5-2-6-18(32)10-17/h1-6,9-10,13-14,19,21-22,25,27,32-34H,7-8,11-12H2,(H2,26,28,29)/t19-,21-,22-,25-/m1/s1. The lowest BCUT2D eigenvalue weighted by Crippen LogP contribution is -2.32. The van der Waals surface area contributed by atoms with Crippen LogP contribution in [-0.4, -0.2) is 71.2 Å². The third-order valence-corrected chi connectivity index (χ3v) is 7.20. The molecule has 0 radical (unpaired) electrons. The maximum Gasteiger partial charge on any atom is 0.167 e. The highest BCUT2D eigenvalue weighted by Gasteiger charge is 2.44. The van der Waals surface area contributed by atoms with E-state index in [0.29, 0.717) is 16.9 Å². The van der Waals surface area contributed by atoms with E-state index in [1.165, 1.54) is 12.7 Å². The number of nitrogens with two attached hydrogens (primary N) is 1. The zero-order valence-electron chi connectivity index (χ0n) is 19.4. The molecule has 188 valence electrons. The molecule has 6 N–H and O–H groups in total. The molecule has 2 aromatic heterocycles. The number of nitrogens with zero attached hydrogens (tertiary/aromatic N) is 4. The Balaban J connectivity index is 1.09. The average molecular weight is 509 g/mol. The fourth-order valence-corrected chi connectivity index (χ4v) is 5.24. The number of thioether (sulfide) groups is 1. The number of aliphatic hydroxyl groups is 2. The van der Waals surface area contributed by atoms with Crippen LogP contribution in [0, 0.1) is 0 Å². The van der Waals surface area contributed by atoms with Gasteiger partial charge in [-0.1, -0.05) is 30.3 Å². The SMILES string of the molecule is Nc1ncnc2c1ncn2[C@@H]1O[C@H](CSCCNCc2cccc(-c3cccc(O)c3)c2)[C@@H](O)[C@H]1O. The number of aromatic hydroxyl groups is 1. The fourth-order valence-electron chi connectivity index (χ4n) is 4.28. The molecule has 3 heterocycles. The number of aromatic nitrogens is 4. The van der Waals surface area contributed by atoms with Crippen molar-refractivity contribution in [2.24, 2.45) is 0 Å². The van der Waals surface area contributed by atoms with E-state index in [0.717, 1.165) is 35.5 Å². The van der Waals surface area contributed by atoms with Crippen LogP contribution in [0.3, 0.4) is 0 Å². The second kappa shape index (κ2) is 10.8. The van der Waals surface area contributed by atoms with Gasteiger partial charge < -0.3 is 31.1 Å². The van der Waals surface area contributed by atoms with Crippen LogP contribution < -0.4 is 11.1 Å². The van der Waals surface area contributed by atoms with Gasteiger partial charge in [0.05, 0.1) is 12.4 Å². The lowest BCUT2D eigenvalue weighted by molar-refractivity contribution is -0.0289. The predicted molar refractivity (Wildman–Crippen MR) is 138 cm³/mol. The molecular weight excluding hydrogens is 480 g/mol. The van der Waals surface area contributed by atoms with E-state index in [1.54, 1.807) is 28.5 Å². The average Bonchev–Trinajstić information content (AvgIpc) is 3.43. The maximum absolute atomic E-state index is 10.6. The first kappa shape index (κ1) is 24.5. The Morgan fingerprint density at radius 2 is 1.83 bits per heavy atom.